The summed E-state index contributed by atoms with van der Waals surface area (Å²) in [6.45, 7) is 5.21. The number of H-pyrrole nitrogens is 1. The number of hydrogen-bond donors (Lipinski definition) is 1. The number of piperidine rings is 1. The number of rotatable bonds is 5. The third-order valence-electron chi connectivity index (χ3n) is 6.90. The van der Waals surface area contributed by atoms with E-state index < -0.39 is 0 Å². The Labute approximate surface area is 166 Å². The van der Waals surface area contributed by atoms with Crippen molar-refractivity contribution in [2.45, 2.75) is 50.0 Å². The maximum Gasteiger partial charge on any atom is 0.310 e. The summed E-state index contributed by atoms with van der Waals surface area (Å²) in [7, 11) is 1.53. The van der Waals surface area contributed by atoms with Crippen molar-refractivity contribution in [1.29, 1.82) is 0 Å². The minimum Gasteiger partial charge on any atom is -0.469 e. The summed E-state index contributed by atoms with van der Waals surface area (Å²) in [5, 5.41) is 1.03. The first-order valence-electron chi connectivity index (χ1n) is 10.4. The number of carbonyl (C=O) groups excluding carboxylic acids is 1. The number of carbonyl (C=O) groups is 1. The number of methoxy groups -OCH3 is 1. The molecule has 1 aromatic rings. The van der Waals surface area contributed by atoms with Gasteiger partial charge in [0.25, 0.3) is 0 Å². The molecule has 2 saturated heterocycles. The molecule has 1 unspecified atom stereocenters. The standard InChI is InChI=1S/C20H32N4O2S/c1-26-19(25)17-13-24(27-18-11-21-15-22-18)14-20(17)7-9-23(10-8-20)12-16-5-3-2-4-6-16/h11,15-17H,2-10,12-14H2,1H3,(H,21,22). The monoisotopic (exact) mass is 392 g/mol. The summed E-state index contributed by atoms with van der Waals surface area (Å²) in [6, 6.07) is 0. The van der Waals surface area contributed by atoms with Gasteiger partial charge in [-0.15, -0.1) is 0 Å². The van der Waals surface area contributed by atoms with Crippen molar-refractivity contribution in [2.24, 2.45) is 17.3 Å². The van der Waals surface area contributed by atoms with Crippen LogP contribution in [-0.4, -0.2) is 65.0 Å². The molecule has 4 rings (SSSR count). The highest BCUT2D eigenvalue weighted by molar-refractivity contribution is 7.97. The van der Waals surface area contributed by atoms with E-state index in [1.807, 2.05) is 6.20 Å². The van der Waals surface area contributed by atoms with Crippen LogP contribution in [0.25, 0.3) is 0 Å². The minimum absolute atomic E-state index is 0.0187. The number of aromatic nitrogens is 2. The first-order valence-corrected chi connectivity index (χ1v) is 11.2. The fourth-order valence-electron chi connectivity index (χ4n) is 5.31. The molecule has 0 aromatic carbocycles. The van der Waals surface area contributed by atoms with Gasteiger partial charge in [0.1, 0.15) is 5.03 Å². The lowest BCUT2D eigenvalue weighted by atomic mass is 9.70. The SMILES string of the molecule is COC(=O)C1CN(Sc2cnc[nH]2)CC12CCN(CC1CCCCC1)CC2. The van der Waals surface area contributed by atoms with E-state index in [1.54, 1.807) is 18.3 Å². The van der Waals surface area contributed by atoms with Crippen molar-refractivity contribution >= 4 is 17.9 Å². The molecule has 7 heteroatoms. The van der Waals surface area contributed by atoms with Gasteiger partial charge in [-0.2, -0.15) is 0 Å². The zero-order chi connectivity index (χ0) is 18.7. The number of nitrogens with one attached hydrogen (secondary N) is 1. The normalized spacial score (nSPS) is 27.2. The first kappa shape index (κ1) is 19.3. The quantitative estimate of drug-likeness (QED) is 0.613. The molecule has 0 radical (unpaired) electrons. The molecule has 1 aromatic heterocycles. The zero-order valence-electron chi connectivity index (χ0n) is 16.4. The number of nitrogens with zero attached hydrogens (tertiary/aromatic N) is 3. The van der Waals surface area contributed by atoms with E-state index in [-0.39, 0.29) is 17.3 Å². The van der Waals surface area contributed by atoms with Crippen LogP contribution in [0.15, 0.2) is 17.6 Å². The van der Waals surface area contributed by atoms with Gasteiger partial charge in [0.15, 0.2) is 0 Å². The summed E-state index contributed by atoms with van der Waals surface area (Å²) >= 11 is 1.68. The molecule has 1 saturated carbocycles. The first-order chi connectivity index (χ1) is 13.2. The lowest BCUT2D eigenvalue weighted by molar-refractivity contribution is -0.149. The maximum atomic E-state index is 12.5. The van der Waals surface area contributed by atoms with E-state index in [1.165, 1.54) is 45.8 Å². The van der Waals surface area contributed by atoms with E-state index in [4.69, 9.17) is 4.74 Å². The Morgan fingerprint density at radius 2 is 2.11 bits per heavy atom. The van der Waals surface area contributed by atoms with E-state index in [0.29, 0.717) is 0 Å². The molecule has 1 N–H and O–H groups in total. The van der Waals surface area contributed by atoms with E-state index in [2.05, 4.69) is 19.2 Å². The second-order valence-electron chi connectivity index (χ2n) is 8.57. The third kappa shape index (κ3) is 4.35. The van der Waals surface area contributed by atoms with Crippen LogP contribution in [0.1, 0.15) is 44.9 Å². The van der Waals surface area contributed by atoms with Gasteiger partial charge in [-0.05, 0) is 56.6 Å². The fraction of sp³-hybridized carbons (Fsp3) is 0.800. The molecule has 0 bridgehead atoms. The minimum atomic E-state index is -0.0385. The molecule has 1 aliphatic carbocycles. The van der Waals surface area contributed by atoms with Crippen molar-refractivity contribution < 1.29 is 9.53 Å². The van der Waals surface area contributed by atoms with Gasteiger partial charge in [0.05, 0.1) is 25.6 Å². The number of esters is 1. The Kier molecular flexibility index (Phi) is 6.09. The molecule has 27 heavy (non-hydrogen) atoms. The summed E-state index contributed by atoms with van der Waals surface area (Å²) < 4.78 is 7.51. The number of hydrogen-bond acceptors (Lipinski definition) is 6. The highest BCUT2D eigenvalue weighted by Crippen LogP contribution is 2.48. The molecular weight excluding hydrogens is 360 g/mol. The molecule has 150 valence electrons. The van der Waals surface area contributed by atoms with Crippen LogP contribution in [0.2, 0.25) is 0 Å². The van der Waals surface area contributed by atoms with Crippen LogP contribution in [0.5, 0.6) is 0 Å². The number of ether oxygens (including phenoxy) is 1. The predicted molar refractivity (Wildman–Crippen MR) is 106 cm³/mol. The molecule has 3 fully saturated rings. The van der Waals surface area contributed by atoms with Crippen LogP contribution >= 0.6 is 11.9 Å². The van der Waals surface area contributed by atoms with Crippen LogP contribution in [0.3, 0.4) is 0 Å². The third-order valence-corrected chi connectivity index (χ3v) is 7.85. The van der Waals surface area contributed by atoms with E-state index in [0.717, 1.165) is 50.0 Å². The maximum absolute atomic E-state index is 12.5. The second-order valence-corrected chi connectivity index (χ2v) is 9.71. The van der Waals surface area contributed by atoms with Gasteiger partial charge in [-0.25, -0.2) is 9.29 Å². The molecule has 2 aliphatic heterocycles. The van der Waals surface area contributed by atoms with Crippen LogP contribution in [0, 0.1) is 17.3 Å². The van der Waals surface area contributed by atoms with Crippen LogP contribution in [-0.2, 0) is 9.53 Å². The lowest BCUT2D eigenvalue weighted by Gasteiger charge is -2.43. The van der Waals surface area contributed by atoms with E-state index >= 15 is 0 Å². The second kappa shape index (κ2) is 8.53. The van der Waals surface area contributed by atoms with Crippen molar-refractivity contribution in [1.82, 2.24) is 19.2 Å². The van der Waals surface area contributed by atoms with Gasteiger partial charge >= 0.3 is 5.97 Å². The predicted octanol–water partition coefficient (Wildman–Crippen LogP) is 3.18. The average Bonchev–Trinajstić information content (AvgIpc) is 3.33. The molecule has 3 heterocycles. The Hall–Kier alpha value is -1.05. The highest BCUT2D eigenvalue weighted by Gasteiger charge is 2.52. The Balaban J connectivity index is 1.38. The average molecular weight is 393 g/mol. The lowest BCUT2D eigenvalue weighted by Crippen LogP contribution is -2.47. The van der Waals surface area contributed by atoms with Crippen molar-refractivity contribution in [3.8, 4) is 0 Å². The number of aromatic amines is 1. The molecule has 1 atom stereocenters. The molecular formula is C20H32N4O2S. The van der Waals surface area contributed by atoms with Gasteiger partial charge in [0.2, 0.25) is 0 Å². The van der Waals surface area contributed by atoms with Gasteiger partial charge < -0.3 is 14.6 Å². The van der Waals surface area contributed by atoms with Gasteiger partial charge in [-0.3, -0.25) is 4.79 Å². The number of likely N-dealkylation sites (tertiary alicyclic amines) is 1. The smallest absolute Gasteiger partial charge is 0.310 e. The van der Waals surface area contributed by atoms with E-state index in [9.17, 15) is 4.79 Å². The number of imidazole rings is 1. The van der Waals surface area contributed by atoms with Crippen molar-refractivity contribution in [2.75, 3.05) is 39.8 Å². The summed E-state index contributed by atoms with van der Waals surface area (Å²) in [5.41, 5.74) is 0.0587. The Bertz CT molecular complexity index is 610. The summed E-state index contributed by atoms with van der Waals surface area (Å²) in [4.78, 5) is 22.4. The topological polar surface area (TPSA) is 61.5 Å². The Morgan fingerprint density at radius 1 is 1.33 bits per heavy atom. The van der Waals surface area contributed by atoms with Gasteiger partial charge in [-0.1, -0.05) is 19.3 Å². The van der Waals surface area contributed by atoms with Gasteiger partial charge in [0, 0.05) is 25.0 Å². The molecule has 1 spiro atoms. The molecule has 6 nitrogen and oxygen atoms in total. The Morgan fingerprint density at radius 3 is 2.78 bits per heavy atom. The molecule has 3 aliphatic rings. The van der Waals surface area contributed by atoms with Crippen LogP contribution < -0.4 is 0 Å². The highest BCUT2D eigenvalue weighted by atomic mass is 32.2. The summed E-state index contributed by atoms with van der Waals surface area (Å²) in [5.74, 6) is 0.832. The fourth-order valence-corrected chi connectivity index (χ4v) is 6.35. The summed E-state index contributed by atoms with van der Waals surface area (Å²) in [6.07, 6.45) is 12.8. The van der Waals surface area contributed by atoms with Crippen molar-refractivity contribution in [3.05, 3.63) is 12.5 Å². The van der Waals surface area contributed by atoms with Crippen LogP contribution in [0.4, 0.5) is 0 Å². The largest absolute Gasteiger partial charge is 0.469 e. The zero-order valence-corrected chi connectivity index (χ0v) is 17.2. The molecule has 0 amide bonds. The van der Waals surface area contributed by atoms with Crippen molar-refractivity contribution in [3.63, 3.8) is 0 Å².